The van der Waals surface area contributed by atoms with Crippen LogP contribution in [0.15, 0.2) is 0 Å². The van der Waals surface area contributed by atoms with E-state index in [9.17, 15) is 35.9 Å². The average Bonchev–Trinajstić information content (AvgIpc) is 2.50. The Morgan fingerprint density at radius 3 is 1.54 bits per heavy atom. The third-order valence-electron chi connectivity index (χ3n) is 4.26. The lowest BCUT2D eigenvalue weighted by Crippen LogP contribution is -2.47. The summed E-state index contributed by atoms with van der Waals surface area (Å²) in [5.74, 6) is -7.22. The second-order valence-electron chi connectivity index (χ2n) is 5.85. The molecule has 0 heterocycles. The van der Waals surface area contributed by atoms with Gasteiger partial charge in [-0.05, 0) is 27.7 Å². The molecule has 2 amide bonds. The number of nitrogens with zero attached hydrogens (tertiary/aromatic N) is 2. The van der Waals surface area contributed by atoms with Crippen molar-refractivity contribution in [2.45, 2.75) is 52.9 Å². The van der Waals surface area contributed by atoms with Crippen molar-refractivity contribution in [1.29, 1.82) is 0 Å². The van der Waals surface area contributed by atoms with Gasteiger partial charge in [0.15, 0.2) is 0 Å². The molecule has 0 radical (unpaired) electrons. The highest BCUT2D eigenvalue weighted by Gasteiger charge is 2.52. The minimum atomic E-state index is -5.11. The van der Waals surface area contributed by atoms with Crippen molar-refractivity contribution >= 4 is 11.8 Å². The number of hydrogen-bond acceptors (Lipinski definition) is 2. The van der Waals surface area contributed by atoms with E-state index in [1.165, 1.54) is 13.8 Å². The van der Waals surface area contributed by atoms with Gasteiger partial charge in [-0.3, -0.25) is 9.59 Å². The van der Waals surface area contributed by atoms with Gasteiger partial charge in [0.05, 0.1) is 18.3 Å². The van der Waals surface area contributed by atoms with Crippen LogP contribution in [0.1, 0.15) is 40.5 Å². The van der Waals surface area contributed by atoms with Gasteiger partial charge in [0.2, 0.25) is 11.8 Å². The Morgan fingerprint density at radius 2 is 1.23 bits per heavy atom. The summed E-state index contributed by atoms with van der Waals surface area (Å²) in [6, 6.07) is 0. The molecule has 0 aromatic heterocycles. The second kappa shape index (κ2) is 10.0. The fourth-order valence-electron chi connectivity index (χ4n) is 2.80. The molecule has 4 nitrogen and oxygen atoms in total. The van der Waals surface area contributed by atoms with E-state index in [1.54, 1.807) is 13.8 Å². The standard InChI is InChI=1S/C16H26F6N2O2/c1-5-23(6-2)13(25)9-12(16(20,21)22)11(10-15(17,18)19)14(26)24(7-3)8-4/h11-12H,5-10H2,1-4H3. The zero-order valence-electron chi connectivity index (χ0n) is 15.4. The maximum Gasteiger partial charge on any atom is 0.393 e. The van der Waals surface area contributed by atoms with Gasteiger partial charge in [0, 0.05) is 32.6 Å². The molecule has 2 atom stereocenters. The van der Waals surface area contributed by atoms with Crippen molar-refractivity contribution in [3.63, 3.8) is 0 Å². The Bertz CT molecular complexity index is 457. The van der Waals surface area contributed by atoms with Crippen LogP contribution in [0.5, 0.6) is 0 Å². The molecule has 0 fully saturated rings. The minimum Gasteiger partial charge on any atom is -0.343 e. The van der Waals surface area contributed by atoms with Crippen LogP contribution < -0.4 is 0 Å². The zero-order chi connectivity index (χ0) is 20.7. The molecule has 0 spiro atoms. The molecule has 26 heavy (non-hydrogen) atoms. The topological polar surface area (TPSA) is 40.6 Å². The number of alkyl halides is 6. The Hall–Kier alpha value is -1.48. The van der Waals surface area contributed by atoms with E-state index in [0.717, 1.165) is 9.80 Å². The quantitative estimate of drug-likeness (QED) is 0.559. The van der Waals surface area contributed by atoms with Crippen molar-refractivity contribution < 1.29 is 35.9 Å². The highest BCUT2D eigenvalue weighted by molar-refractivity contribution is 5.81. The summed E-state index contributed by atoms with van der Waals surface area (Å²) in [6.45, 7) is 6.28. The summed E-state index contributed by atoms with van der Waals surface area (Å²) in [7, 11) is 0. The molecular weight excluding hydrogens is 366 g/mol. The lowest BCUT2D eigenvalue weighted by atomic mass is 9.84. The normalized spacial score (nSPS) is 14.7. The van der Waals surface area contributed by atoms with Gasteiger partial charge in [-0.2, -0.15) is 26.3 Å². The SMILES string of the molecule is CCN(CC)C(=O)CC(C(CC(F)(F)F)C(=O)N(CC)CC)C(F)(F)F. The van der Waals surface area contributed by atoms with E-state index >= 15 is 0 Å². The summed E-state index contributed by atoms with van der Waals surface area (Å²) < 4.78 is 79.1. The van der Waals surface area contributed by atoms with Crippen LogP contribution in [0.2, 0.25) is 0 Å². The Labute approximate surface area is 149 Å². The van der Waals surface area contributed by atoms with Crippen molar-refractivity contribution in [3.05, 3.63) is 0 Å². The van der Waals surface area contributed by atoms with Gasteiger partial charge >= 0.3 is 12.4 Å². The Morgan fingerprint density at radius 1 is 0.808 bits per heavy atom. The van der Waals surface area contributed by atoms with Crippen LogP contribution in [-0.2, 0) is 9.59 Å². The van der Waals surface area contributed by atoms with Gasteiger partial charge in [-0.15, -0.1) is 0 Å². The molecule has 2 unspecified atom stereocenters. The highest BCUT2D eigenvalue weighted by atomic mass is 19.4. The van der Waals surface area contributed by atoms with E-state index in [1.807, 2.05) is 0 Å². The summed E-state index contributed by atoms with van der Waals surface area (Å²) in [5.41, 5.74) is 0. The zero-order valence-corrected chi connectivity index (χ0v) is 15.4. The molecule has 0 aliphatic heterocycles. The van der Waals surface area contributed by atoms with Crippen LogP contribution >= 0.6 is 0 Å². The predicted molar refractivity (Wildman–Crippen MR) is 84.2 cm³/mol. The van der Waals surface area contributed by atoms with Crippen molar-refractivity contribution in [3.8, 4) is 0 Å². The highest BCUT2D eigenvalue weighted by Crippen LogP contribution is 2.41. The molecule has 0 aromatic carbocycles. The van der Waals surface area contributed by atoms with Crippen LogP contribution in [0.25, 0.3) is 0 Å². The lowest BCUT2D eigenvalue weighted by Gasteiger charge is -2.33. The molecule has 0 aliphatic rings. The van der Waals surface area contributed by atoms with Gasteiger partial charge in [-0.1, -0.05) is 0 Å². The lowest BCUT2D eigenvalue weighted by molar-refractivity contribution is -0.214. The van der Waals surface area contributed by atoms with Gasteiger partial charge in [0.25, 0.3) is 0 Å². The molecule has 0 rings (SSSR count). The van der Waals surface area contributed by atoms with E-state index in [0.29, 0.717) is 0 Å². The maximum atomic E-state index is 13.5. The number of amides is 2. The van der Waals surface area contributed by atoms with Crippen molar-refractivity contribution in [2.24, 2.45) is 11.8 Å². The molecular formula is C16H26F6N2O2. The van der Waals surface area contributed by atoms with Gasteiger partial charge in [-0.25, -0.2) is 0 Å². The molecule has 154 valence electrons. The van der Waals surface area contributed by atoms with Crippen LogP contribution in [0.3, 0.4) is 0 Å². The van der Waals surface area contributed by atoms with Gasteiger partial charge in [0.1, 0.15) is 0 Å². The maximum absolute atomic E-state index is 13.5. The minimum absolute atomic E-state index is 0.0156. The first kappa shape index (κ1) is 24.5. The summed E-state index contributed by atoms with van der Waals surface area (Å²) >= 11 is 0. The molecule has 0 saturated carbocycles. The second-order valence-corrected chi connectivity index (χ2v) is 5.85. The predicted octanol–water partition coefficient (Wildman–Crippen LogP) is 3.86. The first-order chi connectivity index (χ1) is 11.8. The number of halogens is 6. The van der Waals surface area contributed by atoms with E-state index in [4.69, 9.17) is 0 Å². The molecule has 0 aliphatic carbocycles. The summed E-state index contributed by atoms with van der Waals surface area (Å²) in [6.07, 6.45) is -13.2. The van der Waals surface area contributed by atoms with E-state index < -0.39 is 48.8 Å². The number of rotatable bonds is 9. The number of carbonyl (C=O) groups is 2. The van der Waals surface area contributed by atoms with Crippen LogP contribution in [0, 0.1) is 11.8 Å². The van der Waals surface area contributed by atoms with Crippen molar-refractivity contribution in [2.75, 3.05) is 26.2 Å². The van der Waals surface area contributed by atoms with E-state index in [-0.39, 0.29) is 26.2 Å². The molecule has 0 saturated heterocycles. The Balaban J connectivity index is 5.88. The fourth-order valence-corrected chi connectivity index (χ4v) is 2.80. The average molecular weight is 392 g/mol. The Kier molecular flexibility index (Phi) is 9.44. The first-order valence-electron chi connectivity index (χ1n) is 8.52. The molecule has 0 N–H and O–H groups in total. The molecule has 0 bridgehead atoms. The molecule has 10 heteroatoms. The fraction of sp³-hybridized carbons (Fsp3) is 0.875. The first-order valence-corrected chi connectivity index (χ1v) is 8.52. The van der Waals surface area contributed by atoms with Crippen LogP contribution in [-0.4, -0.2) is 60.1 Å². The third-order valence-corrected chi connectivity index (χ3v) is 4.26. The smallest absolute Gasteiger partial charge is 0.343 e. The monoisotopic (exact) mass is 392 g/mol. The molecule has 0 aromatic rings. The third kappa shape index (κ3) is 7.41. The van der Waals surface area contributed by atoms with Crippen molar-refractivity contribution in [1.82, 2.24) is 9.80 Å². The van der Waals surface area contributed by atoms with E-state index in [2.05, 4.69) is 0 Å². The number of carbonyl (C=O) groups excluding carboxylic acids is 2. The largest absolute Gasteiger partial charge is 0.393 e. The summed E-state index contributed by atoms with van der Waals surface area (Å²) in [5, 5.41) is 0. The summed E-state index contributed by atoms with van der Waals surface area (Å²) in [4.78, 5) is 26.5. The number of hydrogen-bond donors (Lipinski definition) is 0. The van der Waals surface area contributed by atoms with Gasteiger partial charge < -0.3 is 9.80 Å². The van der Waals surface area contributed by atoms with Crippen LogP contribution in [0.4, 0.5) is 26.3 Å².